The molecule has 16 heavy (non-hydrogen) atoms. The molecule has 0 unspecified atom stereocenters. The first-order chi connectivity index (χ1) is 7.81. The van der Waals surface area contributed by atoms with Crippen molar-refractivity contribution < 1.29 is 14.6 Å². The fraction of sp³-hybridized carbons (Fsp3) is 0.545. The second-order valence-corrected chi connectivity index (χ2v) is 4.81. The number of carbonyl (C=O) groups is 1. The van der Waals surface area contributed by atoms with E-state index in [0.717, 1.165) is 17.7 Å². The third-order valence-corrected chi connectivity index (χ3v) is 3.31. The predicted molar refractivity (Wildman–Crippen MR) is 61.3 cm³/mol. The highest BCUT2D eigenvalue weighted by Crippen LogP contribution is 2.29. The Kier molecular flexibility index (Phi) is 3.79. The molecule has 1 amide bonds. The summed E-state index contributed by atoms with van der Waals surface area (Å²) in [6, 6.07) is 4.32. The van der Waals surface area contributed by atoms with Crippen LogP contribution in [0.3, 0.4) is 0 Å². The monoisotopic (exact) mass is 241 g/mol. The van der Waals surface area contributed by atoms with Gasteiger partial charge < -0.3 is 14.7 Å². The van der Waals surface area contributed by atoms with Gasteiger partial charge in [0.1, 0.15) is 6.61 Å². The lowest BCUT2D eigenvalue weighted by molar-refractivity contribution is 0.0800. The second-order valence-electron chi connectivity index (χ2n) is 3.78. The number of ether oxygens (including phenoxy) is 1. The van der Waals surface area contributed by atoms with E-state index in [2.05, 4.69) is 0 Å². The number of aliphatic hydroxyl groups excluding tert-OH is 1. The molecular weight excluding hydrogens is 226 g/mol. The zero-order valence-corrected chi connectivity index (χ0v) is 9.78. The molecule has 1 aromatic heterocycles. The van der Waals surface area contributed by atoms with E-state index in [1.807, 2.05) is 17.5 Å². The Morgan fingerprint density at radius 3 is 3.00 bits per heavy atom. The third-order valence-electron chi connectivity index (χ3n) is 2.45. The molecule has 0 aromatic carbocycles. The molecule has 0 saturated heterocycles. The van der Waals surface area contributed by atoms with Crippen LogP contribution in [-0.2, 0) is 11.3 Å². The number of thiophene rings is 1. The molecule has 1 aliphatic carbocycles. The highest BCUT2D eigenvalue weighted by Gasteiger charge is 2.33. The highest BCUT2D eigenvalue weighted by atomic mass is 32.1. The van der Waals surface area contributed by atoms with Crippen LogP contribution in [0.4, 0.5) is 4.79 Å². The van der Waals surface area contributed by atoms with Gasteiger partial charge in [-0.2, -0.15) is 0 Å². The standard InChI is InChI=1S/C11H15NO3S/c13-5-6-15-11(14)12(9-3-4-9)8-10-2-1-7-16-10/h1-2,7,9,13H,3-6,8H2. The Bertz CT molecular complexity index is 335. The molecular formula is C11H15NO3S. The fourth-order valence-electron chi connectivity index (χ4n) is 1.52. The molecule has 88 valence electrons. The van der Waals surface area contributed by atoms with E-state index in [9.17, 15) is 4.79 Å². The minimum Gasteiger partial charge on any atom is -0.447 e. The van der Waals surface area contributed by atoms with Gasteiger partial charge in [-0.15, -0.1) is 11.3 Å². The molecule has 2 rings (SSSR count). The SMILES string of the molecule is O=C(OCCO)N(Cc1cccs1)C1CC1. The number of aliphatic hydroxyl groups is 1. The van der Waals surface area contributed by atoms with E-state index in [0.29, 0.717) is 12.6 Å². The maximum absolute atomic E-state index is 11.7. The maximum atomic E-state index is 11.7. The molecule has 0 spiro atoms. The molecule has 0 aliphatic heterocycles. The Balaban J connectivity index is 1.92. The van der Waals surface area contributed by atoms with Gasteiger partial charge in [-0.25, -0.2) is 4.79 Å². The quantitative estimate of drug-likeness (QED) is 0.855. The van der Waals surface area contributed by atoms with Gasteiger partial charge in [0.2, 0.25) is 0 Å². The van der Waals surface area contributed by atoms with Crippen LogP contribution < -0.4 is 0 Å². The zero-order chi connectivity index (χ0) is 11.4. The Morgan fingerprint density at radius 1 is 1.62 bits per heavy atom. The van der Waals surface area contributed by atoms with Gasteiger partial charge in [-0.05, 0) is 24.3 Å². The highest BCUT2D eigenvalue weighted by molar-refractivity contribution is 7.09. The van der Waals surface area contributed by atoms with Crippen molar-refractivity contribution in [2.24, 2.45) is 0 Å². The molecule has 0 atom stereocenters. The van der Waals surface area contributed by atoms with E-state index >= 15 is 0 Å². The Morgan fingerprint density at radius 2 is 2.44 bits per heavy atom. The van der Waals surface area contributed by atoms with Crippen molar-refractivity contribution in [1.29, 1.82) is 0 Å². The van der Waals surface area contributed by atoms with Crippen LogP contribution in [0.2, 0.25) is 0 Å². The second kappa shape index (κ2) is 5.32. The van der Waals surface area contributed by atoms with Crippen molar-refractivity contribution in [3.8, 4) is 0 Å². The van der Waals surface area contributed by atoms with E-state index in [1.54, 1.807) is 16.2 Å². The summed E-state index contributed by atoms with van der Waals surface area (Å²) in [6.45, 7) is 0.572. The lowest BCUT2D eigenvalue weighted by atomic mass is 10.4. The first kappa shape index (κ1) is 11.4. The number of hydrogen-bond donors (Lipinski definition) is 1. The maximum Gasteiger partial charge on any atom is 0.410 e. The van der Waals surface area contributed by atoms with E-state index < -0.39 is 0 Å². The van der Waals surface area contributed by atoms with Gasteiger partial charge in [-0.3, -0.25) is 0 Å². The molecule has 1 aromatic rings. The van der Waals surface area contributed by atoms with Gasteiger partial charge in [0.25, 0.3) is 0 Å². The van der Waals surface area contributed by atoms with Gasteiger partial charge >= 0.3 is 6.09 Å². The van der Waals surface area contributed by atoms with Crippen LogP contribution >= 0.6 is 11.3 Å². The summed E-state index contributed by atoms with van der Waals surface area (Å²) in [5.74, 6) is 0. The van der Waals surface area contributed by atoms with Gasteiger partial charge in [0.05, 0.1) is 13.2 Å². The summed E-state index contributed by atoms with van der Waals surface area (Å²) in [6.07, 6.45) is 1.80. The zero-order valence-electron chi connectivity index (χ0n) is 8.96. The molecule has 1 N–H and O–H groups in total. The van der Waals surface area contributed by atoms with Crippen LogP contribution in [0.1, 0.15) is 17.7 Å². The number of amides is 1. The van der Waals surface area contributed by atoms with E-state index in [-0.39, 0.29) is 19.3 Å². The van der Waals surface area contributed by atoms with Crippen LogP contribution in [0, 0.1) is 0 Å². The molecule has 5 heteroatoms. The summed E-state index contributed by atoms with van der Waals surface area (Å²) < 4.78 is 4.95. The average molecular weight is 241 g/mol. The number of rotatable bonds is 5. The minimum atomic E-state index is -0.315. The van der Waals surface area contributed by atoms with Crippen LogP contribution in [0.15, 0.2) is 17.5 Å². The topological polar surface area (TPSA) is 49.8 Å². The minimum absolute atomic E-state index is 0.0759. The molecule has 1 fully saturated rings. The van der Waals surface area contributed by atoms with E-state index in [1.165, 1.54) is 0 Å². The van der Waals surface area contributed by atoms with Crippen molar-refractivity contribution in [2.45, 2.75) is 25.4 Å². The van der Waals surface area contributed by atoms with Crippen molar-refractivity contribution in [3.05, 3.63) is 22.4 Å². The number of hydrogen-bond acceptors (Lipinski definition) is 4. The summed E-state index contributed by atoms with van der Waals surface area (Å²) >= 11 is 1.64. The predicted octanol–water partition coefficient (Wildman–Crippen LogP) is 1.84. The van der Waals surface area contributed by atoms with Crippen molar-refractivity contribution in [3.63, 3.8) is 0 Å². The average Bonchev–Trinajstić information content (AvgIpc) is 3.00. The summed E-state index contributed by atoms with van der Waals surface area (Å²) in [5, 5.41) is 10.6. The molecule has 0 bridgehead atoms. The fourth-order valence-corrected chi connectivity index (χ4v) is 2.22. The van der Waals surface area contributed by atoms with E-state index in [4.69, 9.17) is 9.84 Å². The number of carbonyl (C=O) groups excluding carboxylic acids is 1. The largest absolute Gasteiger partial charge is 0.447 e. The summed E-state index contributed by atoms with van der Waals surface area (Å²) in [4.78, 5) is 14.6. The normalized spacial score (nSPS) is 14.8. The molecule has 1 aliphatic rings. The first-order valence-corrected chi connectivity index (χ1v) is 6.26. The van der Waals surface area contributed by atoms with Crippen LogP contribution in [0.25, 0.3) is 0 Å². The molecule has 0 radical (unpaired) electrons. The van der Waals surface area contributed by atoms with Crippen LogP contribution in [-0.4, -0.2) is 35.4 Å². The summed E-state index contributed by atoms with van der Waals surface area (Å²) in [5.41, 5.74) is 0. The van der Waals surface area contributed by atoms with Crippen molar-refractivity contribution in [1.82, 2.24) is 4.90 Å². The van der Waals surface area contributed by atoms with Crippen LogP contribution in [0.5, 0.6) is 0 Å². The molecule has 1 heterocycles. The summed E-state index contributed by atoms with van der Waals surface area (Å²) in [7, 11) is 0. The molecule has 4 nitrogen and oxygen atoms in total. The Labute approximate surface area is 98.4 Å². The van der Waals surface area contributed by atoms with Crippen molar-refractivity contribution in [2.75, 3.05) is 13.2 Å². The van der Waals surface area contributed by atoms with Gasteiger partial charge in [0.15, 0.2) is 0 Å². The Hall–Kier alpha value is -1.07. The third kappa shape index (κ3) is 2.96. The number of nitrogens with zero attached hydrogens (tertiary/aromatic N) is 1. The lowest BCUT2D eigenvalue weighted by Crippen LogP contribution is -2.33. The van der Waals surface area contributed by atoms with Gasteiger partial charge in [0, 0.05) is 10.9 Å². The van der Waals surface area contributed by atoms with Gasteiger partial charge in [-0.1, -0.05) is 6.07 Å². The molecule has 1 saturated carbocycles. The van der Waals surface area contributed by atoms with Crippen molar-refractivity contribution >= 4 is 17.4 Å². The lowest BCUT2D eigenvalue weighted by Gasteiger charge is -2.20. The first-order valence-electron chi connectivity index (χ1n) is 5.38. The smallest absolute Gasteiger partial charge is 0.410 e.